The molecule has 7 nitrogen and oxygen atoms in total. The van der Waals surface area contributed by atoms with Gasteiger partial charge in [-0.3, -0.25) is 19.8 Å². The van der Waals surface area contributed by atoms with E-state index in [2.05, 4.69) is 15.5 Å². The summed E-state index contributed by atoms with van der Waals surface area (Å²) in [5.74, 6) is -0.251. The molecule has 3 rings (SSSR count). The predicted molar refractivity (Wildman–Crippen MR) is 77.3 cm³/mol. The fraction of sp³-hybridized carbons (Fsp3) is 0.333. The van der Waals surface area contributed by atoms with Crippen LogP contribution in [0.1, 0.15) is 19.2 Å². The summed E-state index contributed by atoms with van der Waals surface area (Å²) in [6.07, 6.45) is 0.131. The van der Waals surface area contributed by atoms with Crippen LogP contribution >= 0.6 is 0 Å². The summed E-state index contributed by atoms with van der Waals surface area (Å²) in [5.41, 5.74) is 0.637. The molecule has 120 valence electrons. The second-order valence-electron chi connectivity index (χ2n) is 5.21. The van der Waals surface area contributed by atoms with E-state index in [1.165, 1.54) is 12.1 Å². The molecule has 1 aromatic heterocycles. The first kappa shape index (κ1) is 15.3. The standard InChI is InChI=1S/C15H15FN4O3/c1-2-20(11-7-12(21)17-15(11)22)8-13-18-14(19-23-13)9-3-5-10(16)6-4-9/h3-6,11H,2,7-8H2,1H3,(H,17,21,22)/t11-/m0/s1. The van der Waals surface area contributed by atoms with Gasteiger partial charge in [-0.05, 0) is 30.8 Å². The number of benzene rings is 1. The highest BCUT2D eigenvalue weighted by molar-refractivity contribution is 6.05. The van der Waals surface area contributed by atoms with Crippen molar-refractivity contribution in [2.75, 3.05) is 6.54 Å². The maximum atomic E-state index is 12.9. The zero-order valence-electron chi connectivity index (χ0n) is 12.5. The molecule has 1 fully saturated rings. The second kappa shape index (κ2) is 6.25. The van der Waals surface area contributed by atoms with E-state index in [1.54, 1.807) is 17.0 Å². The van der Waals surface area contributed by atoms with Crippen molar-refractivity contribution in [1.29, 1.82) is 0 Å². The molecular formula is C15H15FN4O3. The number of halogens is 1. The molecule has 0 aliphatic carbocycles. The number of amides is 2. The third kappa shape index (κ3) is 3.26. The number of hydrogen-bond acceptors (Lipinski definition) is 6. The molecule has 0 radical (unpaired) electrons. The van der Waals surface area contributed by atoms with Crippen LogP contribution in [0, 0.1) is 5.82 Å². The molecule has 2 amide bonds. The molecule has 1 N–H and O–H groups in total. The summed E-state index contributed by atoms with van der Waals surface area (Å²) in [7, 11) is 0. The van der Waals surface area contributed by atoms with Gasteiger partial charge in [-0.15, -0.1) is 0 Å². The highest BCUT2D eigenvalue weighted by atomic mass is 19.1. The molecule has 2 aromatic rings. The molecule has 8 heteroatoms. The van der Waals surface area contributed by atoms with Gasteiger partial charge in [0.05, 0.1) is 19.0 Å². The van der Waals surface area contributed by atoms with E-state index >= 15 is 0 Å². The van der Waals surface area contributed by atoms with Gasteiger partial charge in [0.25, 0.3) is 0 Å². The molecule has 2 heterocycles. The van der Waals surface area contributed by atoms with Crippen molar-refractivity contribution in [3.8, 4) is 11.4 Å². The summed E-state index contributed by atoms with van der Waals surface area (Å²) in [6, 6.07) is 5.24. The first-order valence-corrected chi connectivity index (χ1v) is 7.23. The Morgan fingerprint density at radius 3 is 2.70 bits per heavy atom. The largest absolute Gasteiger partial charge is 0.338 e. The second-order valence-corrected chi connectivity index (χ2v) is 5.21. The van der Waals surface area contributed by atoms with Gasteiger partial charge in [0.1, 0.15) is 5.82 Å². The van der Waals surface area contributed by atoms with Gasteiger partial charge in [0.2, 0.25) is 23.5 Å². The van der Waals surface area contributed by atoms with E-state index < -0.39 is 6.04 Å². The fourth-order valence-corrected chi connectivity index (χ4v) is 2.49. The van der Waals surface area contributed by atoms with Crippen molar-refractivity contribution in [2.24, 2.45) is 0 Å². The van der Waals surface area contributed by atoms with Crippen LogP contribution in [0.3, 0.4) is 0 Å². The number of aromatic nitrogens is 2. The molecular weight excluding hydrogens is 303 g/mol. The minimum absolute atomic E-state index is 0.131. The molecule has 0 saturated carbocycles. The van der Waals surface area contributed by atoms with Gasteiger partial charge in [-0.1, -0.05) is 12.1 Å². The van der Waals surface area contributed by atoms with Crippen LogP contribution in [0.2, 0.25) is 0 Å². The van der Waals surface area contributed by atoms with Crippen molar-refractivity contribution in [3.05, 3.63) is 36.0 Å². The Hall–Kier alpha value is -2.61. The topological polar surface area (TPSA) is 88.3 Å². The Balaban J connectivity index is 1.73. The lowest BCUT2D eigenvalue weighted by Crippen LogP contribution is -2.40. The average molecular weight is 318 g/mol. The minimum Gasteiger partial charge on any atom is -0.338 e. The molecule has 0 spiro atoms. The van der Waals surface area contributed by atoms with Gasteiger partial charge in [-0.25, -0.2) is 4.39 Å². The first-order chi connectivity index (χ1) is 11.1. The van der Waals surface area contributed by atoms with E-state index in [0.29, 0.717) is 23.8 Å². The Labute approximate surface area is 131 Å². The quantitative estimate of drug-likeness (QED) is 0.831. The van der Waals surface area contributed by atoms with E-state index in [4.69, 9.17) is 4.52 Å². The van der Waals surface area contributed by atoms with Gasteiger partial charge in [-0.2, -0.15) is 4.98 Å². The Bertz CT molecular complexity index is 729. The number of hydrogen-bond donors (Lipinski definition) is 1. The predicted octanol–water partition coefficient (Wildman–Crippen LogP) is 1.11. The lowest BCUT2D eigenvalue weighted by molar-refractivity contribution is -0.126. The summed E-state index contributed by atoms with van der Waals surface area (Å²) in [4.78, 5) is 29.1. The van der Waals surface area contributed by atoms with Gasteiger partial charge >= 0.3 is 0 Å². The molecule has 1 saturated heterocycles. The summed E-state index contributed by atoms with van der Waals surface area (Å²) in [5, 5.41) is 6.14. The van der Waals surface area contributed by atoms with Crippen molar-refractivity contribution >= 4 is 11.8 Å². The maximum Gasteiger partial charge on any atom is 0.244 e. The van der Waals surface area contributed by atoms with E-state index in [-0.39, 0.29) is 30.6 Å². The number of carbonyl (C=O) groups is 2. The third-order valence-electron chi connectivity index (χ3n) is 3.70. The number of nitrogens with one attached hydrogen (secondary N) is 1. The molecule has 1 aromatic carbocycles. The van der Waals surface area contributed by atoms with Gasteiger partial charge in [0, 0.05) is 5.56 Å². The molecule has 1 aliphatic heterocycles. The Kier molecular flexibility index (Phi) is 4.16. The zero-order chi connectivity index (χ0) is 16.4. The SMILES string of the molecule is CCN(Cc1nc(-c2ccc(F)cc2)no1)[C@H]1CC(=O)NC1=O. The van der Waals surface area contributed by atoms with Crippen molar-refractivity contribution in [1.82, 2.24) is 20.4 Å². The zero-order valence-corrected chi connectivity index (χ0v) is 12.5. The number of nitrogens with zero attached hydrogens (tertiary/aromatic N) is 3. The van der Waals surface area contributed by atoms with Crippen LogP contribution in [0.5, 0.6) is 0 Å². The number of rotatable bonds is 5. The van der Waals surface area contributed by atoms with Gasteiger partial charge < -0.3 is 4.52 Å². The van der Waals surface area contributed by atoms with E-state index in [1.807, 2.05) is 6.92 Å². The third-order valence-corrected chi connectivity index (χ3v) is 3.70. The maximum absolute atomic E-state index is 12.9. The minimum atomic E-state index is -0.520. The average Bonchev–Trinajstić information content (AvgIpc) is 3.12. The van der Waals surface area contributed by atoms with Crippen LogP contribution < -0.4 is 5.32 Å². The van der Waals surface area contributed by atoms with E-state index in [0.717, 1.165) is 0 Å². The summed E-state index contributed by atoms with van der Waals surface area (Å²) in [6.45, 7) is 2.70. The van der Waals surface area contributed by atoms with Crippen molar-refractivity contribution in [3.63, 3.8) is 0 Å². The van der Waals surface area contributed by atoms with Crippen LogP contribution in [-0.4, -0.2) is 39.4 Å². The fourth-order valence-electron chi connectivity index (χ4n) is 2.49. The highest BCUT2D eigenvalue weighted by Gasteiger charge is 2.35. The number of carbonyl (C=O) groups excluding carboxylic acids is 2. The van der Waals surface area contributed by atoms with Crippen molar-refractivity contribution in [2.45, 2.75) is 25.9 Å². The normalized spacial score (nSPS) is 17.8. The van der Waals surface area contributed by atoms with E-state index in [9.17, 15) is 14.0 Å². The summed E-state index contributed by atoms with van der Waals surface area (Å²) >= 11 is 0. The summed E-state index contributed by atoms with van der Waals surface area (Å²) < 4.78 is 18.1. The number of likely N-dealkylation sites (N-methyl/N-ethyl adjacent to an activating group) is 1. The molecule has 0 unspecified atom stereocenters. The molecule has 23 heavy (non-hydrogen) atoms. The first-order valence-electron chi connectivity index (χ1n) is 7.23. The smallest absolute Gasteiger partial charge is 0.244 e. The Morgan fingerprint density at radius 2 is 2.09 bits per heavy atom. The molecule has 0 bridgehead atoms. The molecule has 1 atom stereocenters. The molecule has 1 aliphatic rings. The van der Waals surface area contributed by atoms with Crippen LogP contribution in [0.4, 0.5) is 4.39 Å². The number of imide groups is 1. The highest BCUT2D eigenvalue weighted by Crippen LogP contribution is 2.18. The van der Waals surface area contributed by atoms with Crippen molar-refractivity contribution < 1.29 is 18.5 Å². The van der Waals surface area contributed by atoms with Gasteiger partial charge in [0.15, 0.2) is 0 Å². The monoisotopic (exact) mass is 318 g/mol. The lowest BCUT2D eigenvalue weighted by Gasteiger charge is -2.22. The lowest BCUT2D eigenvalue weighted by atomic mass is 10.2. The van der Waals surface area contributed by atoms with Crippen LogP contribution in [-0.2, 0) is 16.1 Å². The van der Waals surface area contributed by atoms with Crippen LogP contribution in [0.25, 0.3) is 11.4 Å². The van der Waals surface area contributed by atoms with Crippen LogP contribution in [0.15, 0.2) is 28.8 Å². The Morgan fingerprint density at radius 1 is 1.35 bits per heavy atom.